The standard InChI is InChI=1S/C20H38O4S/c1-5-9-11-13-15-19(7-3,17(21)22)25-20(8-4,18(23)24)16-14-12-10-6-2/h5-16H2,1-4H3,(H,21,22)(H,23,24)/p-2. The Labute approximate surface area is 158 Å². The minimum atomic E-state index is -1.14. The van der Waals surface area contributed by atoms with Crippen molar-refractivity contribution in [2.75, 3.05) is 0 Å². The van der Waals surface area contributed by atoms with Crippen LogP contribution in [0.4, 0.5) is 0 Å². The number of hydrogen-bond acceptors (Lipinski definition) is 5. The quantitative estimate of drug-likeness (QED) is 0.388. The van der Waals surface area contributed by atoms with Crippen LogP contribution in [-0.2, 0) is 9.59 Å². The van der Waals surface area contributed by atoms with Crippen molar-refractivity contribution in [1.82, 2.24) is 0 Å². The molecule has 0 amide bonds. The van der Waals surface area contributed by atoms with E-state index in [0.29, 0.717) is 25.7 Å². The molecule has 4 nitrogen and oxygen atoms in total. The molecule has 0 spiro atoms. The number of carboxylic acids is 2. The second-order valence-electron chi connectivity index (χ2n) is 6.99. The molecular weight excluding hydrogens is 336 g/mol. The van der Waals surface area contributed by atoms with Crippen molar-refractivity contribution >= 4 is 23.7 Å². The van der Waals surface area contributed by atoms with Crippen LogP contribution in [0.5, 0.6) is 0 Å². The van der Waals surface area contributed by atoms with Crippen LogP contribution in [0.3, 0.4) is 0 Å². The maximum Gasteiger partial charge on any atom is 0.0575 e. The first-order valence-corrected chi connectivity index (χ1v) is 10.8. The van der Waals surface area contributed by atoms with E-state index >= 15 is 0 Å². The average Bonchev–Trinajstić information content (AvgIpc) is 2.59. The molecule has 0 saturated carbocycles. The molecule has 0 N–H and O–H groups in total. The molecule has 148 valence electrons. The van der Waals surface area contributed by atoms with Crippen molar-refractivity contribution < 1.29 is 19.8 Å². The Bertz CT molecular complexity index is 363. The van der Waals surface area contributed by atoms with E-state index in [4.69, 9.17) is 0 Å². The summed E-state index contributed by atoms with van der Waals surface area (Å²) in [6.45, 7) is 7.84. The number of carbonyl (C=O) groups is 2. The predicted octanol–water partition coefficient (Wildman–Crippen LogP) is 3.46. The van der Waals surface area contributed by atoms with E-state index in [1.807, 2.05) is 13.8 Å². The highest BCUT2D eigenvalue weighted by atomic mass is 32.2. The number of rotatable bonds is 16. The highest BCUT2D eigenvalue weighted by Gasteiger charge is 2.41. The SMILES string of the molecule is CCCCCCC(CC)(SC(CC)(CCCCCC)C(=O)[O-])C(=O)[O-]. The van der Waals surface area contributed by atoms with Gasteiger partial charge in [0.1, 0.15) is 0 Å². The number of thioether (sulfide) groups is 1. The zero-order chi connectivity index (χ0) is 19.3. The van der Waals surface area contributed by atoms with Crippen molar-refractivity contribution in [3.63, 3.8) is 0 Å². The van der Waals surface area contributed by atoms with E-state index in [9.17, 15) is 19.8 Å². The molecule has 0 aliphatic rings. The number of unbranched alkanes of at least 4 members (excludes halogenated alkanes) is 6. The summed E-state index contributed by atoms with van der Waals surface area (Å²) in [5.74, 6) is -2.27. The van der Waals surface area contributed by atoms with Gasteiger partial charge in [0.25, 0.3) is 0 Å². The molecule has 25 heavy (non-hydrogen) atoms. The van der Waals surface area contributed by atoms with Crippen LogP contribution in [0.2, 0.25) is 0 Å². The molecule has 0 radical (unpaired) electrons. The van der Waals surface area contributed by atoms with Gasteiger partial charge in [-0.05, 0) is 25.7 Å². The molecule has 0 aliphatic carbocycles. The fourth-order valence-electron chi connectivity index (χ4n) is 3.22. The Morgan fingerprint density at radius 1 is 0.680 bits per heavy atom. The van der Waals surface area contributed by atoms with Crippen molar-refractivity contribution in [1.29, 1.82) is 0 Å². The minimum absolute atomic E-state index is 0.371. The summed E-state index contributed by atoms with van der Waals surface area (Å²) >= 11 is 1.09. The Morgan fingerprint density at radius 2 is 1.04 bits per heavy atom. The monoisotopic (exact) mass is 372 g/mol. The molecule has 0 aromatic carbocycles. The summed E-state index contributed by atoms with van der Waals surface area (Å²) in [4.78, 5) is 23.9. The van der Waals surface area contributed by atoms with Crippen molar-refractivity contribution in [2.24, 2.45) is 0 Å². The number of carbonyl (C=O) groups excluding carboxylic acids is 2. The van der Waals surface area contributed by atoms with Crippen LogP contribution in [0.1, 0.15) is 105 Å². The molecule has 0 rings (SSSR count). The molecule has 0 aromatic heterocycles. The molecule has 0 aromatic rings. The lowest BCUT2D eigenvalue weighted by atomic mass is 9.96. The highest BCUT2D eigenvalue weighted by Crippen LogP contribution is 2.46. The second kappa shape index (κ2) is 12.6. The van der Waals surface area contributed by atoms with Crippen molar-refractivity contribution in [3.05, 3.63) is 0 Å². The predicted molar refractivity (Wildman–Crippen MR) is 101 cm³/mol. The lowest BCUT2D eigenvalue weighted by Crippen LogP contribution is -2.53. The summed E-state index contributed by atoms with van der Waals surface area (Å²) in [6.07, 6.45) is 9.44. The Morgan fingerprint density at radius 3 is 1.28 bits per heavy atom. The van der Waals surface area contributed by atoms with E-state index in [1.54, 1.807) is 0 Å². The maximum atomic E-state index is 12.0. The Hall–Kier alpha value is -0.710. The topological polar surface area (TPSA) is 80.3 Å². The van der Waals surface area contributed by atoms with Crippen LogP contribution in [-0.4, -0.2) is 21.4 Å². The van der Waals surface area contributed by atoms with Gasteiger partial charge in [0.15, 0.2) is 0 Å². The first-order chi connectivity index (χ1) is 11.8. The van der Waals surface area contributed by atoms with Crippen LogP contribution < -0.4 is 10.2 Å². The lowest BCUT2D eigenvalue weighted by molar-refractivity contribution is -0.310. The third kappa shape index (κ3) is 7.59. The van der Waals surface area contributed by atoms with E-state index in [0.717, 1.165) is 63.1 Å². The number of aliphatic carboxylic acids is 2. The highest BCUT2D eigenvalue weighted by molar-refractivity contribution is 8.03. The third-order valence-corrected chi connectivity index (χ3v) is 7.25. The zero-order valence-corrected chi connectivity index (χ0v) is 17.3. The Balaban J connectivity index is 5.29. The molecule has 0 aliphatic heterocycles. The molecule has 0 bridgehead atoms. The fourth-order valence-corrected chi connectivity index (χ4v) is 4.92. The van der Waals surface area contributed by atoms with Gasteiger partial charge in [0, 0.05) is 0 Å². The average molecular weight is 373 g/mol. The van der Waals surface area contributed by atoms with Gasteiger partial charge in [-0.2, -0.15) is 0 Å². The molecule has 0 saturated heterocycles. The van der Waals surface area contributed by atoms with Gasteiger partial charge in [-0.25, -0.2) is 0 Å². The van der Waals surface area contributed by atoms with Crippen molar-refractivity contribution in [2.45, 2.75) is 114 Å². The van der Waals surface area contributed by atoms with Crippen LogP contribution in [0, 0.1) is 0 Å². The van der Waals surface area contributed by atoms with E-state index < -0.39 is 21.4 Å². The van der Waals surface area contributed by atoms with Gasteiger partial charge in [0.2, 0.25) is 0 Å². The first-order valence-electron chi connectivity index (χ1n) is 9.97. The van der Waals surface area contributed by atoms with Crippen LogP contribution in [0.25, 0.3) is 0 Å². The summed E-state index contributed by atoms with van der Waals surface area (Å²) in [7, 11) is 0. The lowest BCUT2D eigenvalue weighted by Gasteiger charge is -2.44. The van der Waals surface area contributed by atoms with Crippen molar-refractivity contribution in [3.8, 4) is 0 Å². The van der Waals surface area contributed by atoms with Gasteiger partial charge < -0.3 is 19.8 Å². The van der Waals surface area contributed by atoms with Crippen LogP contribution >= 0.6 is 11.8 Å². The molecule has 2 atom stereocenters. The molecule has 5 heteroatoms. The zero-order valence-electron chi connectivity index (χ0n) is 16.5. The van der Waals surface area contributed by atoms with E-state index in [2.05, 4.69) is 13.8 Å². The molecule has 0 heterocycles. The molecular formula is C20H36O4S-2. The van der Waals surface area contributed by atoms with Gasteiger partial charge in [-0.1, -0.05) is 79.1 Å². The first kappa shape index (κ1) is 24.3. The van der Waals surface area contributed by atoms with E-state index in [-0.39, 0.29) is 0 Å². The second-order valence-corrected chi connectivity index (χ2v) is 8.76. The molecule has 0 fully saturated rings. The minimum Gasteiger partial charge on any atom is -0.549 e. The van der Waals surface area contributed by atoms with Crippen LogP contribution in [0.15, 0.2) is 0 Å². The summed E-state index contributed by atoms with van der Waals surface area (Å²) in [5, 5.41) is 23.9. The fraction of sp³-hybridized carbons (Fsp3) is 0.900. The van der Waals surface area contributed by atoms with Gasteiger partial charge in [-0.15, -0.1) is 11.8 Å². The third-order valence-electron chi connectivity index (χ3n) is 5.15. The smallest absolute Gasteiger partial charge is 0.0575 e. The summed E-state index contributed by atoms with van der Waals surface area (Å²) in [6, 6.07) is 0. The van der Waals surface area contributed by atoms with E-state index in [1.165, 1.54) is 0 Å². The van der Waals surface area contributed by atoms with Gasteiger partial charge in [0.05, 0.1) is 21.4 Å². The maximum absolute atomic E-state index is 12.0. The van der Waals surface area contributed by atoms with Gasteiger partial charge in [-0.3, -0.25) is 0 Å². The van der Waals surface area contributed by atoms with Gasteiger partial charge >= 0.3 is 0 Å². The summed E-state index contributed by atoms with van der Waals surface area (Å²) < 4.78 is -2.29. The normalized spacial score (nSPS) is 16.2. The number of carboxylic acid groups (broad SMARTS) is 2. The molecule has 2 unspecified atom stereocenters. The largest absolute Gasteiger partial charge is 0.549 e. The summed E-state index contributed by atoms with van der Waals surface area (Å²) in [5.41, 5.74) is 0. The number of hydrogen-bond donors (Lipinski definition) is 0. The Kier molecular flexibility index (Phi) is 12.3.